The van der Waals surface area contributed by atoms with Gasteiger partial charge in [0.15, 0.2) is 5.96 Å². The average Bonchev–Trinajstić information content (AvgIpc) is 2.84. The minimum absolute atomic E-state index is 0.108. The van der Waals surface area contributed by atoms with Crippen LogP contribution in [0.2, 0.25) is 0 Å². The first-order chi connectivity index (χ1) is 13.2. The summed E-state index contributed by atoms with van der Waals surface area (Å²) in [5.41, 5.74) is 7.71. The molecule has 7 nitrogen and oxygen atoms in total. The zero-order chi connectivity index (χ0) is 20.3. The Balaban J connectivity index is 1.52. The van der Waals surface area contributed by atoms with Gasteiger partial charge in [-0.05, 0) is 71.8 Å². The maximum absolute atomic E-state index is 12.3. The van der Waals surface area contributed by atoms with Crippen molar-refractivity contribution in [2.24, 2.45) is 10.7 Å². The summed E-state index contributed by atoms with van der Waals surface area (Å²) in [6.07, 6.45) is 0. The smallest absolute Gasteiger partial charge is 0.319 e. The van der Waals surface area contributed by atoms with Gasteiger partial charge in [0.1, 0.15) is 5.54 Å². The number of carbonyl (C=O) groups excluding carboxylic acids is 2. The van der Waals surface area contributed by atoms with E-state index in [1.165, 1.54) is 4.90 Å². The van der Waals surface area contributed by atoms with E-state index < -0.39 is 5.54 Å². The number of nitrogens with two attached hydrogens (primary N) is 1. The highest BCUT2D eigenvalue weighted by atomic mass is 127. The van der Waals surface area contributed by atoms with Crippen LogP contribution in [0.3, 0.4) is 0 Å². The van der Waals surface area contributed by atoms with E-state index in [2.05, 4.69) is 38.2 Å². The molecule has 0 saturated heterocycles. The van der Waals surface area contributed by atoms with E-state index in [1.807, 2.05) is 48.5 Å². The number of amides is 3. The quantitative estimate of drug-likeness (QED) is 0.561. The molecule has 0 unspecified atom stereocenters. The van der Waals surface area contributed by atoms with Gasteiger partial charge in [-0.3, -0.25) is 9.69 Å². The number of nitrogens with one attached hydrogen (secondary N) is 2. The van der Waals surface area contributed by atoms with Gasteiger partial charge >= 0.3 is 6.03 Å². The van der Waals surface area contributed by atoms with Crippen LogP contribution < -0.4 is 16.4 Å². The first kappa shape index (κ1) is 20.1. The SMILES string of the molecule is CC1(C)N=C(N)N(Cc2ccc(CNC(=O)Nc3ccc(I)cc3)cc2)C1=O. The molecule has 1 aliphatic heterocycles. The highest BCUT2D eigenvalue weighted by molar-refractivity contribution is 14.1. The standard InChI is InChI=1S/C20H22IN5O2/c1-20(2)17(27)26(18(22)25-20)12-14-5-3-13(4-6-14)11-23-19(28)24-16-9-7-15(21)8-10-16/h3-10H,11-12H2,1-2H3,(H2,22,25)(H2,23,24,28). The van der Waals surface area contributed by atoms with Crippen LogP contribution in [0.4, 0.5) is 10.5 Å². The predicted octanol–water partition coefficient (Wildman–Crippen LogP) is 3.05. The maximum Gasteiger partial charge on any atom is 0.319 e. The Morgan fingerprint density at radius 1 is 1.11 bits per heavy atom. The van der Waals surface area contributed by atoms with Crippen molar-refractivity contribution in [3.63, 3.8) is 0 Å². The van der Waals surface area contributed by atoms with Gasteiger partial charge < -0.3 is 16.4 Å². The highest BCUT2D eigenvalue weighted by Crippen LogP contribution is 2.22. The lowest BCUT2D eigenvalue weighted by Gasteiger charge is -2.19. The van der Waals surface area contributed by atoms with Crippen molar-refractivity contribution in [1.82, 2.24) is 10.2 Å². The Kier molecular flexibility index (Phi) is 5.87. The zero-order valence-corrected chi connectivity index (χ0v) is 17.9. The highest BCUT2D eigenvalue weighted by Gasteiger charge is 2.39. The lowest BCUT2D eigenvalue weighted by molar-refractivity contribution is -0.130. The van der Waals surface area contributed by atoms with Crippen LogP contribution in [0.15, 0.2) is 53.5 Å². The number of aliphatic imine (C=N–C) groups is 1. The molecular formula is C20H22IN5O2. The zero-order valence-electron chi connectivity index (χ0n) is 15.7. The number of halogens is 1. The summed E-state index contributed by atoms with van der Waals surface area (Å²) in [5, 5.41) is 5.62. The molecule has 0 radical (unpaired) electrons. The van der Waals surface area contributed by atoms with E-state index >= 15 is 0 Å². The monoisotopic (exact) mass is 491 g/mol. The minimum atomic E-state index is -0.807. The summed E-state index contributed by atoms with van der Waals surface area (Å²) in [7, 11) is 0. The third-order valence-corrected chi connectivity index (χ3v) is 5.08. The van der Waals surface area contributed by atoms with Crippen molar-refractivity contribution in [2.45, 2.75) is 32.5 Å². The Labute approximate surface area is 177 Å². The fourth-order valence-corrected chi connectivity index (χ4v) is 3.18. The number of rotatable bonds is 5. The van der Waals surface area contributed by atoms with Crippen LogP contribution in [-0.4, -0.2) is 28.3 Å². The number of nitrogens with zero attached hydrogens (tertiary/aromatic N) is 2. The maximum atomic E-state index is 12.3. The number of benzene rings is 2. The Morgan fingerprint density at radius 2 is 1.71 bits per heavy atom. The van der Waals surface area contributed by atoms with Crippen molar-refractivity contribution in [3.05, 3.63) is 63.2 Å². The van der Waals surface area contributed by atoms with Crippen molar-refractivity contribution in [2.75, 3.05) is 5.32 Å². The van der Waals surface area contributed by atoms with E-state index in [9.17, 15) is 9.59 Å². The predicted molar refractivity (Wildman–Crippen MR) is 118 cm³/mol. The van der Waals surface area contributed by atoms with Gasteiger partial charge in [0.05, 0.1) is 6.54 Å². The first-order valence-electron chi connectivity index (χ1n) is 8.80. The van der Waals surface area contributed by atoms with Crippen LogP contribution >= 0.6 is 22.6 Å². The van der Waals surface area contributed by atoms with Crippen LogP contribution in [0.5, 0.6) is 0 Å². The van der Waals surface area contributed by atoms with Crippen LogP contribution in [0, 0.1) is 3.57 Å². The molecule has 0 aliphatic carbocycles. The Morgan fingerprint density at radius 3 is 2.29 bits per heavy atom. The summed E-state index contributed by atoms with van der Waals surface area (Å²) in [5.74, 6) is 0.135. The van der Waals surface area contributed by atoms with E-state index in [1.54, 1.807) is 13.8 Å². The van der Waals surface area contributed by atoms with Crippen molar-refractivity contribution < 1.29 is 9.59 Å². The Hall–Kier alpha value is -2.62. The summed E-state index contributed by atoms with van der Waals surface area (Å²) in [6.45, 7) is 4.27. The van der Waals surface area contributed by atoms with Gasteiger partial charge in [0.25, 0.3) is 5.91 Å². The molecule has 0 saturated carbocycles. The summed E-state index contributed by atoms with van der Waals surface area (Å²) in [4.78, 5) is 30.0. The summed E-state index contributed by atoms with van der Waals surface area (Å²) < 4.78 is 1.11. The molecular weight excluding hydrogens is 469 g/mol. The third-order valence-electron chi connectivity index (χ3n) is 4.36. The molecule has 3 amide bonds. The number of guanidine groups is 1. The van der Waals surface area contributed by atoms with E-state index in [0.717, 1.165) is 20.4 Å². The van der Waals surface area contributed by atoms with Gasteiger partial charge in [-0.15, -0.1) is 0 Å². The molecule has 0 fully saturated rings. The van der Waals surface area contributed by atoms with Crippen LogP contribution in [0.25, 0.3) is 0 Å². The number of urea groups is 1. The number of anilines is 1. The van der Waals surface area contributed by atoms with E-state index in [0.29, 0.717) is 13.1 Å². The lowest BCUT2D eigenvalue weighted by atomic mass is 10.1. The van der Waals surface area contributed by atoms with Gasteiger partial charge in [-0.1, -0.05) is 24.3 Å². The fraction of sp³-hybridized carbons (Fsp3) is 0.250. The summed E-state index contributed by atoms with van der Waals surface area (Å²) >= 11 is 2.21. The fourth-order valence-electron chi connectivity index (χ4n) is 2.82. The minimum Gasteiger partial charge on any atom is -0.369 e. The molecule has 2 aromatic carbocycles. The number of hydrogen-bond acceptors (Lipinski definition) is 4. The molecule has 0 spiro atoms. The molecule has 146 valence electrons. The number of hydrogen-bond donors (Lipinski definition) is 3. The second-order valence-corrected chi connectivity index (χ2v) is 8.30. The second kappa shape index (κ2) is 8.17. The molecule has 0 aromatic heterocycles. The molecule has 2 aromatic rings. The molecule has 3 rings (SSSR count). The molecule has 0 atom stereocenters. The molecule has 4 N–H and O–H groups in total. The molecule has 8 heteroatoms. The largest absolute Gasteiger partial charge is 0.369 e. The molecule has 1 aliphatic rings. The first-order valence-corrected chi connectivity index (χ1v) is 9.88. The van der Waals surface area contributed by atoms with Gasteiger partial charge in [-0.25, -0.2) is 9.79 Å². The Bertz CT molecular complexity index is 907. The third kappa shape index (κ3) is 4.80. The lowest BCUT2D eigenvalue weighted by Crippen LogP contribution is -2.41. The van der Waals surface area contributed by atoms with Crippen LogP contribution in [-0.2, 0) is 17.9 Å². The number of carbonyl (C=O) groups is 2. The van der Waals surface area contributed by atoms with Crippen molar-refractivity contribution >= 4 is 46.2 Å². The second-order valence-electron chi connectivity index (χ2n) is 7.05. The normalized spacial score (nSPS) is 15.3. The van der Waals surface area contributed by atoms with Gasteiger partial charge in [-0.2, -0.15) is 0 Å². The van der Waals surface area contributed by atoms with Gasteiger partial charge in [0, 0.05) is 15.8 Å². The molecule has 1 heterocycles. The van der Waals surface area contributed by atoms with Crippen LogP contribution in [0.1, 0.15) is 25.0 Å². The van der Waals surface area contributed by atoms with Gasteiger partial charge in [0.2, 0.25) is 0 Å². The van der Waals surface area contributed by atoms with E-state index in [4.69, 9.17) is 5.73 Å². The van der Waals surface area contributed by atoms with Crippen molar-refractivity contribution in [3.8, 4) is 0 Å². The van der Waals surface area contributed by atoms with E-state index in [-0.39, 0.29) is 17.9 Å². The summed E-state index contributed by atoms with van der Waals surface area (Å²) in [6, 6.07) is 15.0. The topological polar surface area (TPSA) is 99.8 Å². The van der Waals surface area contributed by atoms with Crippen molar-refractivity contribution in [1.29, 1.82) is 0 Å². The molecule has 0 bridgehead atoms. The average molecular weight is 491 g/mol. The molecule has 28 heavy (non-hydrogen) atoms.